The minimum absolute atomic E-state index is 0.0253. The Morgan fingerprint density at radius 2 is 2.07 bits per heavy atom. The highest BCUT2D eigenvalue weighted by molar-refractivity contribution is 5.92. The van der Waals surface area contributed by atoms with Crippen molar-refractivity contribution >= 4 is 29.5 Å². The lowest BCUT2D eigenvalue weighted by Crippen LogP contribution is -2.37. The van der Waals surface area contributed by atoms with Crippen molar-refractivity contribution < 1.29 is 24.4 Å². The van der Waals surface area contributed by atoms with Gasteiger partial charge in [-0.2, -0.15) is 5.10 Å². The highest BCUT2D eigenvalue weighted by Gasteiger charge is 2.09. The lowest BCUT2D eigenvalue weighted by atomic mass is 10.2. The Balaban J connectivity index is 1.79. The van der Waals surface area contributed by atoms with E-state index in [1.165, 1.54) is 49.7 Å². The van der Waals surface area contributed by atoms with Gasteiger partial charge in [0.15, 0.2) is 11.5 Å². The van der Waals surface area contributed by atoms with Crippen LogP contribution in [-0.4, -0.2) is 41.8 Å². The Labute approximate surface area is 159 Å². The molecule has 0 spiro atoms. The highest BCUT2D eigenvalue weighted by Crippen LogP contribution is 2.25. The van der Waals surface area contributed by atoms with Crippen LogP contribution in [0.1, 0.15) is 5.56 Å². The Hall–Kier alpha value is -4.15. The van der Waals surface area contributed by atoms with Crippen LogP contribution in [0.4, 0.5) is 16.2 Å². The number of amides is 3. The number of urea groups is 1. The summed E-state index contributed by atoms with van der Waals surface area (Å²) in [4.78, 5) is 33.6. The summed E-state index contributed by atoms with van der Waals surface area (Å²) in [5, 5.41) is 28.6. The number of hydrogen-bond donors (Lipinski definition) is 4. The third-order valence-electron chi connectivity index (χ3n) is 3.33. The third-order valence-corrected chi connectivity index (χ3v) is 3.33. The van der Waals surface area contributed by atoms with Crippen molar-refractivity contribution in [2.75, 3.05) is 19.0 Å². The van der Waals surface area contributed by atoms with E-state index < -0.39 is 16.9 Å². The number of nitro benzene ring substituents is 1. The molecule has 11 nitrogen and oxygen atoms in total. The number of benzene rings is 2. The first-order chi connectivity index (χ1) is 13.4. The Bertz CT molecular complexity index is 915. The van der Waals surface area contributed by atoms with Crippen LogP contribution in [-0.2, 0) is 4.79 Å². The second-order valence-corrected chi connectivity index (χ2v) is 5.34. The molecular formula is C17H17N5O6. The van der Waals surface area contributed by atoms with Gasteiger partial charge in [-0.25, -0.2) is 10.2 Å². The van der Waals surface area contributed by atoms with Crippen LogP contribution < -0.4 is 20.8 Å². The maximum atomic E-state index is 11.7. The zero-order valence-electron chi connectivity index (χ0n) is 14.7. The molecule has 0 aliphatic rings. The largest absolute Gasteiger partial charge is 0.504 e. The van der Waals surface area contributed by atoms with Gasteiger partial charge in [-0.15, -0.1) is 0 Å². The molecule has 2 aromatic carbocycles. The smallest absolute Gasteiger partial charge is 0.319 e. The number of carbonyl (C=O) groups is 2. The molecule has 0 aliphatic carbocycles. The van der Waals surface area contributed by atoms with Gasteiger partial charge in [-0.3, -0.25) is 14.9 Å². The monoisotopic (exact) mass is 387 g/mol. The molecule has 0 aromatic heterocycles. The lowest BCUT2D eigenvalue weighted by Gasteiger charge is -2.07. The summed E-state index contributed by atoms with van der Waals surface area (Å²) in [7, 11) is 1.40. The third kappa shape index (κ3) is 5.98. The van der Waals surface area contributed by atoms with Crippen LogP contribution in [0.3, 0.4) is 0 Å². The van der Waals surface area contributed by atoms with Gasteiger partial charge < -0.3 is 20.5 Å². The van der Waals surface area contributed by atoms with Crippen LogP contribution in [0, 0.1) is 10.1 Å². The zero-order valence-corrected chi connectivity index (χ0v) is 14.7. The molecule has 0 heterocycles. The van der Waals surface area contributed by atoms with E-state index in [9.17, 15) is 24.8 Å². The second kappa shape index (κ2) is 9.52. The number of rotatable bonds is 7. The average Bonchev–Trinajstić information content (AvgIpc) is 2.68. The van der Waals surface area contributed by atoms with Crippen LogP contribution in [0.5, 0.6) is 11.5 Å². The molecule has 0 saturated carbocycles. The van der Waals surface area contributed by atoms with E-state index in [2.05, 4.69) is 21.2 Å². The van der Waals surface area contributed by atoms with E-state index in [1.807, 2.05) is 0 Å². The maximum absolute atomic E-state index is 11.7. The van der Waals surface area contributed by atoms with Crippen LogP contribution in [0.25, 0.3) is 0 Å². The van der Waals surface area contributed by atoms with Crippen molar-refractivity contribution in [2.45, 2.75) is 0 Å². The van der Waals surface area contributed by atoms with Crippen LogP contribution in [0.15, 0.2) is 47.6 Å². The van der Waals surface area contributed by atoms with Gasteiger partial charge in [0.25, 0.3) is 11.6 Å². The standard InChI is InChI=1S/C17H17N5O6/c1-28-15-7-11(5-6-14(15)23)9-19-21-16(24)10-18-17(25)20-12-3-2-4-13(8-12)22(26)27/h2-9,23H,10H2,1H3,(H,21,24)(H2,18,20,25)/b19-9+. The summed E-state index contributed by atoms with van der Waals surface area (Å²) in [6.07, 6.45) is 1.34. The molecule has 4 N–H and O–H groups in total. The molecule has 146 valence electrons. The number of carbonyl (C=O) groups excluding carboxylic acids is 2. The van der Waals surface area contributed by atoms with Crippen molar-refractivity contribution in [1.29, 1.82) is 0 Å². The van der Waals surface area contributed by atoms with Crippen molar-refractivity contribution in [3.8, 4) is 11.5 Å². The summed E-state index contributed by atoms with van der Waals surface area (Å²) in [6.45, 7) is -0.364. The number of ether oxygens (including phenoxy) is 1. The van der Waals surface area contributed by atoms with E-state index in [0.29, 0.717) is 5.56 Å². The normalized spacial score (nSPS) is 10.3. The summed E-state index contributed by atoms with van der Waals surface area (Å²) in [5.74, 6) is -0.353. The number of nitrogens with zero attached hydrogens (tertiary/aromatic N) is 2. The number of nitrogens with one attached hydrogen (secondary N) is 3. The lowest BCUT2D eigenvalue weighted by molar-refractivity contribution is -0.384. The predicted molar refractivity (Wildman–Crippen MR) is 101 cm³/mol. The fourth-order valence-electron chi connectivity index (χ4n) is 2.03. The van der Waals surface area contributed by atoms with Gasteiger partial charge in [0.2, 0.25) is 0 Å². The van der Waals surface area contributed by atoms with Gasteiger partial charge in [0.05, 0.1) is 18.2 Å². The Morgan fingerprint density at radius 3 is 2.79 bits per heavy atom. The van der Waals surface area contributed by atoms with E-state index in [-0.39, 0.29) is 29.4 Å². The number of aromatic hydroxyl groups is 1. The molecule has 3 amide bonds. The number of phenols is 1. The fourth-order valence-corrected chi connectivity index (χ4v) is 2.03. The molecule has 0 unspecified atom stereocenters. The molecule has 0 aliphatic heterocycles. The number of hydrogen-bond acceptors (Lipinski definition) is 7. The molecule has 0 radical (unpaired) electrons. The second-order valence-electron chi connectivity index (χ2n) is 5.34. The molecule has 0 bridgehead atoms. The van der Waals surface area contributed by atoms with Crippen LogP contribution in [0.2, 0.25) is 0 Å². The Morgan fingerprint density at radius 1 is 1.29 bits per heavy atom. The highest BCUT2D eigenvalue weighted by atomic mass is 16.6. The molecule has 0 fully saturated rings. The van der Waals surface area contributed by atoms with E-state index in [1.54, 1.807) is 6.07 Å². The number of nitro groups is 1. The fraction of sp³-hybridized carbons (Fsp3) is 0.118. The summed E-state index contributed by atoms with van der Waals surface area (Å²) >= 11 is 0. The zero-order chi connectivity index (χ0) is 20.5. The number of hydrazone groups is 1. The quantitative estimate of drug-likeness (QED) is 0.321. The van der Waals surface area contributed by atoms with Crippen molar-refractivity contribution in [1.82, 2.24) is 10.7 Å². The SMILES string of the molecule is COc1cc(/C=N/NC(=O)CNC(=O)Nc2cccc([N+](=O)[O-])c2)ccc1O. The molecule has 28 heavy (non-hydrogen) atoms. The van der Waals surface area contributed by atoms with Crippen molar-refractivity contribution in [2.24, 2.45) is 5.10 Å². The molecular weight excluding hydrogens is 370 g/mol. The minimum atomic E-state index is -0.706. The first-order valence-corrected chi connectivity index (χ1v) is 7.87. The van der Waals surface area contributed by atoms with Gasteiger partial charge in [-0.1, -0.05) is 6.07 Å². The van der Waals surface area contributed by atoms with Gasteiger partial charge >= 0.3 is 6.03 Å². The predicted octanol–water partition coefficient (Wildman–Crippen LogP) is 1.58. The molecule has 0 atom stereocenters. The summed E-state index contributed by atoms with van der Waals surface area (Å²) in [5.41, 5.74) is 2.84. The van der Waals surface area contributed by atoms with Gasteiger partial charge in [0.1, 0.15) is 6.54 Å². The number of phenolic OH excluding ortho intramolecular Hbond substituents is 1. The molecule has 2 aromatic rings. The molecule has 11 heteroatoms. The maximum Gasteiger partial charge on any atom is 0.319 e. The Kier molecular flexibility index (Phi) is 6.86. The minimum Gasteiger partial charge on any atom is -0.504 e. The number of anilines is 1. The van der Waals surface area contributed by atoms with Crippen molar-refractivity contribution in [3.63, 3.8) is 0 Å². The van der Waals surface area contributed by atoms with Crippen molar-refractivity contribution in [3.05, 3.63) is 58.1 Å². The average molecular weight is 387 g/mol. The number of methoxy groups -OCH3 is 1. The topological polar surface area (TPSA) is 155 Å². The first-order valence-electron chi connectivity index (χ1n) is 7.87. The summed E-state index contributed by atoms with van der Waals surface area (Å²) in [6, 6.07) is 9.18. The van der Waals surface area contributed by atoms with E-state index >= 15 is 0 Å². The van der Waals surface area contributed by atoms with Gasteiger partial charge in [-0.05, 0) is 29.8 Å². The van der Waals surface area contributed by atoms with E-state index in [0.717, 1.165) is 0 Å². The number of non-ortho nitro benzene ring substituents is 1. The first kappa shape index (κ1) is 20.2. The van der Waals surface area contributed by atoms with Gasteiger partial charge in [0, 0.05) is 17.8 Å². The van der Waals surface area contributed by atoms with E-state index in [4.69, 9.17) is 4.74 Å². The van der Waals surface area contributed by atoms with Crippen LogP contribution >= 0.6 is 0 Å². The molecule has 2 rings (SSSR count). The summed E-state index contributed by atoms with van der Waals surface area (Å²) < 4.78 is 4.96. The molecule has 0 saturated heterocycles.